The maximum atomic E-state index is 9.60. The lowest BCUT2D eigenvalue weighted by atomic mass is 9.82. The number of aromatic hydroxyl groups is 1. The molecule has 1 aromatic heterocycles. The number of hydrogen-bond donors (Lipinski definition) is 2. The van der Waals surface area contributed by atoms with Crippen LogP contribution < -0.4 is 0 Å². The first-order valence-corrected chi connectivity index (χ1v) is 7.19. The first-order valence-electron chi connectivity index (χ1n) is 7.19. The molecule has 0 atom stereocenters. The van der Waals surface area contributed by atoms with E-state index in [1.54, 1.807) is 12.1 Å². The molecule has 2 N–H and O–H groups in total. The molecule has 0 aliphatic heterocycles. The number of aromatic nitrogens is 2. The molecule has 1 fully saturated rings. The van der Waals surface area contributed by atoms with Gasteiger partial charge < -0.3 is 9.84 Å². The molecule has 0 spiro atoms. The number of rotatable bonds is 2. The zero-order chi connectivity index (χ0) is 15.5. The maximum absolute atomic E-state index is 9.60. The second-order valence-electron chi connectivity index (χ2n) is 6.29. The molecule has 0 saturated heterocycles. The summed E-state index contributed by atoms with van der Waals surface area (Å²) >= 11 is 0. The fourth-order valence-electron chi connectivity index (χ4n) is 2.17. The van der Waals surface area contributed by atoms with Crippen LogP contribution in [-0.2, 0) is 9.53 Å². The van der Waals surface area contributed by atoms with Crippen LogP contribution in [-0.4, -0.2) is 27.4 Å². The summed E-state index contributed by atoms with van der Waals surface area (Å²) in [6.07, 6.45) is 3.82. The van der Waals surface area contributed by atoms with Crippen molar-refractivity contribution in [2.24, 2.45) is 0 Å². The van der Waals surface area contributed by atoms with Crippen LogP contribution in [0.25, 0.3) is 10.9 Å². The number of H-pyrrole nitrogens is 1. The topological polar surface area (TPSA) is 75.2 Å². The number of phenolic OH excluding ortho intramolecular Hbond substituents is 1. The molecule has 1 aromatic carbocycles. The molecule has 0 unspecified atom stereocenters. The molecule has 2 aromatic rings. The van der Waals surface area contributed by atoms with Gasteiger partial charge in [-0.15, -0.1) is 0 Å². The van der Waals surface area contributed by atoms with Crippen molar-refractivity contribution in [3.05, 3.63) is 23.9 Å². The summed E-state index contributed by atoms with van der Waals surface area (Å²) in [5, 5.41) is 17.8. The van der Waals surface area contributed by atoms with E-state index in [0.29, 0.717) is 18.1 Å². The molecule has 21 heavy (non-hydrogen) atoms. The van der Waals surface area contributed by atoms with E-state index < -0.39 is 0 Å². The van der Waals surface area contributed by atoms with Crippen molar-refractivity contribution in [2.45, 2.75) is 51.6 Å². The van der Waals surface area contributed by atoms with Crippen molar-refractivity contribution in [3.63, 3.8) is 0 Å². The minimum atomic E-state index is -0.318. The minimum Gasteiger partial charge on any atom is -0.508 e. The number of ether oxygens (including phenoxy) is 1. The van der Waals surface area contributed by atoms with E-state index in [4.69, 9.17) is 0 Å². The highest BCUT2D eigenvalue weighted by Crippen LogP contribution is 2.38. The van der Waals surface area contributed by atoms with Gasteiger partial charge in [-0.05, 0) is 45.7 Å². The molecular formula is C16H22N2O3. The predicted octanol–water partition coefficient (Wildman–Crippen LogP) is 3.49. The van der Waals surface area contributed by atoms with Crippen LogP contribution in [0.2, 0.25) is 0 Å². The molecular weight excluding hydrogens is 268 g/mol. The van der Waals surface area contributed by atoms with Gasteiger partial charge in [-0.3, -0.25) is 9.89 Å². The number of fused-ring (bicyclic) bond motifs is 1. The number of aromatic amines is 1. The normalized spacial score (nSPS) is 15.0. The highest BCUT2D eigenvalue weighted by atomic mass is 16.5. The fourth-order valence-corrected chi connectivity index (χ4v) is 2.17. The first kappa shape index (κ1) is 15.4. The van der Waals surface area contributed by atoms with E-state index in [1.165, 1.54) is 25.0 Å². The van der Waals surface area contributed by atoms with E-state index in [2.05, 4.69) is 14.9 Å². The fraction of sp³-hybridized carbons (Fsp3) is 0.500. The average molecular weight is 290 g/mol. The number of nitrogens with zero attached hydrogens (tertiary/aromatic N) is 1. The molecule has 1 saturated carbocycles. The molecule has 5 heteroatoms. The van der Waals surface area contributed by atoms with Gasteiger partial charge in [-0.1, -0.05) is 6.42 Å². The number of hydrogen-bond acceptors (Lipinski definition) is 4. The van der Waals surface area contributed by atoms with E-state index in [0.717, 1.165) is 10.9 Å². The summed E-state index contributed by atoms with van der Waals surface area (Å²) in [6.45, 7) is 5.92. The van der Waals surface area contributed by atoms with Gasteiger partial charge in [-0.25, -0.2) is 0 Å². The zero-order valence-electron chi connectivity index (χ0n) is 12.7. The van der Waals surface area contributed by atoms with Crippen molar-refractivity contribution in [1.82, 2.24) is 10.2 Å². The average Bonchev–Trinajstić information content (AvgIpc) is 2.69. The summed E-state index contributed by atoms with van der Waals surface area (Å²) in [7, 11) is 0. The van der Waals surface area contributed by atoms with Gasteiger partial charge in [0.1, 0.15) is 11.4 Å². The Hall–Kier alpha value is -2.04. The Morgan fingerprint density at radius 3 is 2.57 bits per heavy atom. The zero-order valence-corrected chi connectivity index (χ0v) is 12.7. The highest BCUT2D eigenvalue weighted by molar-refractivity contribution is 5.83. The Bertz CT molecular complexity index is 609. The molecule has 114 valence electrons. The lowest BCUT2D eigenvalue weighted by Gasteiger charge is -2.23. The van der Waals surface area contributed by atoms with E-state index in [9.17, 15) is 9.90 Å². The van der Waals surface area contributed by atoms with E-state index in [-0.39, 0.29) is 5.60 Å². The highest BCUT2D eigenvalue weighted by Gasteiger charge is 2.23. The molecule has 1 aliphatic carbocycles. The predicted molar refractivity (Wildman–Crippen MR) is 81.3 cm³/mol. The quantitative estimate of drug-likeness (QED) is 0.830. The van der Waals surface area contributed by atoms with Gasteiger partial charge in [0, 0.05) is 17.4 Å². The molecule has 5 nitrogen and oxygen atoms in total. The molecule has 1 aliphatic rings. The second-order valence-corrected chi connectivity index (χ2v) is 6.29. The summed E-state index contributed by atoms with van der Waals surface area (Å²) < 4.78 is 4.55. The van der Waals surface area contributed by atoms with Crippen molar-refractivity contribution in [2.75, 3.05) is 0 Å². The number of benzene rings is 1. The monoisotopic (exact) mass is 290 g/mol. The Morgan fingerprint density at radius 1 is 1.38 bits per heavy atom. The lowest BCUT2D eigenvalue weighted by molar-refractivity contribution is -0.138. The van der Waals surface area contributed by atoms with Crippen LogP contribution in [0.1, 0.15) is 51.6 Å². The van der Waals surface area contributed by atoms with Crippen molar-refractivity contribution < 1.29 is 14.6 Å². The second kappa shape index (κ2) is 6.16. The van der Waals surface area contributed by atoms with E-state index in [1.807, 2.05) is 26.8 Å². The van der Waals surface area contributed by atoms with Crippen LogP contribution in [0.4, 0.5) is 0 Å². The Morgan fingerprint density at radius 2 is 2.10 bits per heavy atom. The third-order valence-corrected chi connectivity index (χ3v) is 3.47. The van der Waals surface area contributed by atoms with Gasteiger partial charge in [0.05, 0.1) is 11.2 Å². The van der Waals surface area contributed by atoms with Gasteiger partial charge in [0.15, 0.2) is 0 Å². The van der Waals surface area contributed by atoms with Crippen LogP contribution >= 0.6 is 0 Å². The minimum absolute atomic E-state index is 0.293. The van der Waals surface area contributed by atoms with Crippen LogP contribution in [0.3, 0.4) is 0 Å². The summed E-state index contributed by atoms with van der Waals surface area (Å²) in [5.41, 5.74) is 1.79. The smallest absolute Gasteiger partial charge is 0.293 e. The summed E-state index contributed by atoms with van der Waals surface area (Å²) in [4.78, 5) is 9.60. The van der Waals surface area contributed by atoms with Gasteiger partial charge in [0.2, 0.25) is 0 Å². The third kappa shape index (κ3) is 3.97. The number of carbonyl (C=O) groups excluding carboxylic acids is 1. The number of carbonyl (C=O) groups is 1. The molecule has 1 heterocycles. The molecule has 0 amide bonds. The van der Waals surface area contributed by atoms with Crippen LogP contribution in [0.15, 0.2) is 18.2 Å². The van der Waals surface area contributed by atoms with Crippen LogP contribution in [0, 0.1) is 0 Å². The number of nitrogens with one attached hydrogen (secondary N) is 1. The van der Waals surface area contributed by atoms with Crippen molar-refractivity contribution >= 4 is 17.4 Å². The molecule has 0 bridgehead atoms. The Balaban J connectivity index is 0.000000199. The van der Waals surface area contributed by atoms with Crippen LogP contribution in [0.5, 0.6) is 5.75 Å². The molecule has 0 radical (unpaired) electrons. The standard InChI is InChI=1S/C11H12N2O.C5H10O2/c14-8-4-5-9-10(6-8)12-13-11(9)7-2-1-3-7;1-5(2,3)7-4-6/h4-7,14H,1-3H2,(H,12,13);4H,1-3H3. The molecule has 3 rings (SSSR count). The van der Waals surface area contributed by atoms with E-state index >= 15 is 0 Å². The van der Waals surface area contributed by atoms with Crippen molar-refractivity contribution in [1.29, 1.82) is 0 Å². The Labute approximate surface area is 124 Å². The summed E-state index contributed by atoms with van der Waals surface area (Å²) in [6, 6.07) is 5.40. The largest absolute Gasteiger partial charge is 0.508 e. The SMILES string of the molecule is CC(C)(C)OC=O.Oc1ccc2c(C3CCC3)n[nH]c2c1. The van der Waals surface area contributed by atoms with Gasteiger partial charge in [-0.2, -0.15) is 5.10 Å². The third-order valence-electron chi connectivity index (χ3n) is 3.47. The first-order chi connectivity index (χ1) is 9.90. The Kier molecular flexibility index (Phi) is 4.50. The van der Waals surface area contributed by atoms with Gasteiger partial charge >= 0.3 is 0 Å². The van der Waals surface area contributed by atoms with Gasteiger partial charge in [0.25, 0.3) is 6.47 Å². The summed E-state index contributed by atoms with van der Waals surface area (Å²) in [5.74, 6) is 0.926. The lowest BCUT2D eigenvalue weighted by Crippen LogP contribution is -2.17. The van der Waals surface area contributed by atoms with Crippen molar-refractivity contribution in [3.8, 4) is 5.75 Å². The maximum Gasteiger partial charge on any atom is 0.293 e. The number of phenols is 1.